The highest BCUT2D eigenvalue weighted by Crippen LogP contribution is 2.33. The highest BCUT2D eigenvalue weighted by molar-refractivity contribution is 5.95. The molecule has 6 aromatic heterocycles. The van der Waals surface area contributed by atoms with Crippen molar-refractivity contribution in [1.29, 1.82) is 5.26 Å². The minimum Gasteiger partial charge on any atom is -0.489 e. The molecule has 2 aromatic carbocycles. The summed E-state index contributed by atoms with van der Waals surface area (Å²) in [5.74, 6) is 3.09. The van der Waals surface area contributed by atoms with Gasteiger partial charge in [-0.1, -0.05) is 48.5 Å². The molecule has 8 aromatic rings. The van der Waals surface area contributed by atoms with Crippen molar-refractivity contribution in [1.82, 2.24) is 29.2 Å². The number of nitriles is 1. The minimum absolute atomic E-state index is 0.0453. The lowest BCUT2D eigenvalue weighted by Crippen LogP contribution is -2.13. The van der Waals surface area contributed by atoms with Gasteiger partial charge in [-0.3, -0.25) is 14.6 Å². The molecule has 2 aliphatic rings. The predicted octanol–water partition coefficient (Wildman–Crippen LogP) is 8.52. The maximum atomic E-state index is 12.0. The topological polar surface area (TPSA) is 161 Å². The van der Waals surface area contributed by atoms with Crippen LogP contribution < -0.4 is 20.1 Å². The molecule has 0 atom stereocenters. The first kappa shape index (κ1) is 37.7. The van der Waals surface area contributed by atoms with E-state index < -0.39 is 0 Å². The monoisotopic (exact) mass is 793 g/mol. The van der Waals surface area contributed by atoms with Gasteiger partial charge >= 0.3 is 0 Å². The summed E-state index contributed by atoms with van der Waals surface area (Å²) in [6.45, 7) is 0.857. The Morgan fingerprint density at radius 3 is 1.60 bits per heavy atom. The van der Waals surface area contributed by atoms with Crippen LogP contribution in [0.25, 0.3) is 33.3 Å². The standard InChI is InChI=1S/C24H19N5O2.C23H20N4O2/c25-13-19-8-3-16(14-26-19)15-31-20-9-6-17(7-10-20)21-2-1-11-29-22(21)12-23(28-29)27-24(30)18-4-5-18;28-23(18-5-6-18)25-22-13-21-20(4-2-12-27(21)26-22)17-7-9-19(10-8-17)29-15-16-3-1-11-24-14-16/h1-3,6-12,14,18H,4-5,15H2,(H,27,28,30);1-4,7-14,18H,5-6,15H2,(H,25,26,28). The Kier molecular flexibility index (Phi) is 10.6. The van der Waals surface area contributed by atoms with Crippen molar-refractivity contribution in [2.45, 2.75) is 38.9 Å². The number of fused-ring (bicyclic) bond motifs is 2. The average Bonchev–Trinajstić information content (AvgIpc) is 4.24. The van der Waals surface area contributed by atoms with Gasteiger partial charge in [0.1, 0.15) is 36.5 Å². The van der Waals surface area contributed by atoms with E-state index >= 15 is 0 Å². The summed E-state index contributed by atoms with van der Waals surface area (Å²) in [5.41, 5.74) is 8.33. The fraction of sp³-hybridized carbons (Fsp3) is 0.170. The highest BCUT2D eigenvalue weighted by atomic mass is 16.5. The molecular weight excluding hydrogens is 755 g/mol. The van der Waals surface area contributed by atoms with Crippen molar-refractivity contribution in [2.24, 2.45) is 11.8 Å². The largest absolute Gasteiger partial charge is 0.489 e. The van der Waals surface area contributed by atoms with Crippen LogP contribution >= 0.6 is 0 Å². The van der Waals surface area contributed by atoms with Crippen LogP contribution in [0.3, 0.4) is 0 Å². The second-order valence-electron chi connectivity index (χ2n) is 14.7. The maximum Gasteiger partial charge on any atom is 0.228 e. The van der Waals surface area contributed by atoms with Crippen LogP contribution in [0.2, 0.25) is 0 Å². The van der Waals surface area contributed by atoms with Crippen molar-refractivity contribution in [3.05, 3.63) is 157 Å². The first-order valence-electron chi connectivity index (χ1n) is 19.7. The smallest absolute Gasteiger partial charge is 0.228 e. The van der Waals surface area contributed by atoms with E-state index in [2.05, 4.69) is 36.9 Å². The van der Waals surface area contributed by atoms with Gasteiger partial charge in [-0.2, -0.15) is 15.5 Å². The molecule has 2 saturated carbocycles. The third kappa shape index (κ3) is 8.98. The van der Waals surface area contributed by atoms with E-state index in [1.54, 1.807) is 33.7 Å². The van der Waals surface area contributed by atoms with Crippen LogP contribution in [0, 0.1) is 23.2 Å². The number of pyridine rings is 4. The average molecular weight is 794 g/mol. The molecule has 13 nitrogen and oxygen atoms in total. The number of rotatable bonds is 12. The summed E-state index contributed by atoms with van der Waals surface area (Å²) >= 11 is 0. The van der Waals surface area contributed by atoms with Gasteiger partial charge in [0.25, 0.3) is 0 Å². The Morgan fingerprint density at radius 2 is 1.17 bits per heavy atom. The lowest BCUT2D eigenvalue weighted by Gasteiger charge is -2.08. The molecule has 296 valence electrons. The minimum atomic E-state index is 0.0453. The Bertz CT molecular complexity index is 2820. The van der Waals surface area contributed by atoms with Crippen LogP contribution in [0.1, 0.15) is 42.5 Å². The van der Waals surface area contributed by atoms with E-state index in [0.29, 0.717) is 30.5 Å². The Hall–Kier alpha value is -7.85. The Balaban J connectivity index is 0.000000154. The molecule has 0 radical (unpaired) electrons. The molecule has 10 rings (SSSR count). The molecule has 60 heavy (non-hydrogen) atoms. The van der Waals surface area contributed by atoms with Crippen molar-refractivity contribution >= 4 is 34.5 Å². The van der Waals surface area contributed by atoms with Gasteiger partial charge in [0, 0.05) is 77.2 Å². The van der Waals surface area contributed by atoms with E-state index in [1.807, 2.05) is 116 Å². The summed E-state index contributed by atoms with van der Waals surface area (Å²) in [6, 6.07) is 37.0. The van der Waals surface area contributed by atoms with Crippen LogP contribution in [0.5, 0.6) is 11.5 Å². The zero-order chi connectivity index (χ0) is 40.8. The molecular formula is C47H39N9O4. The molecule has 6 heterocycles. The quantitative estimate of drug-likeness (QED) is 0.124. The second-order valence-corrected chi connectivity index (χ2v) is 14.7. The second kappa shape index (κ2) is 16.9. The van der Waals surface area contributed by atoms with Crippen LogP contribution in [0.4, 0.5) is 11.6 Å². The van der Waals surface area contributed by atoms with Crippen molar-refractivity contribution in [2.75, 3.05) is 10.6 Å². The first-order chi connectivity index (χ1) is 29.5. The molecule has 2 fully saturated rings. The first-order valence-corrected chi connectivity index (χ1v) is 19.7. The number of nitrogens with one attached hydrogen (secondary N) is 2. The highest BCUT2D eigenvalue weighted by Gasteiger charge is 2.31. The van der Waals surface area contributed by atoms with Gasteiger partial charge in [0.2, 0.25) is 11.8 Å². The van der Waals surface area contributed by atoms with E-state index in [-0.39, 0.29) is 23.7 Å². The number of hydrogen-bond acceptors (Lipinski definition) is 9. The van der Waals surface area contributed by atoms with Gasteiger partial charge < -0.3 is 20.1 Å². The van der Waals surface area contributed by atoms with Crippen molar-refractivity contribution in [3.8, 4) is 39.8 Å². The van der Waals surface area contributed by atoms with Crippen LogP contribution in [0.15, 0.2) is 140 Å². The van der Waals surface area contributed by atoms with Crippen molar-refractivity contribution in [3.63, 3.8) is 0 Å². The fourth-order valence-corrected chi connectivity index (χ4v) is 6.64. The van der Waals surface area contributed by atoms with E-state index in [0.717, 1.165) is 81.6 Å². The third-order valence-corrected chi connectivity index (χ3v) is 10.2. The lowest BCUT2D eigenvalue weighted by molar-refractivity contribution is -0.118. The number of aromatic nitrogens is 6. The summed E-state index contributed by atoms with van der Waals surface area (Å²) in [6.07, 6.45) is 12.8. The molecule has 0 bridgehead atoms. The molecule has 2 N–H and O–H groups in total. The molecule has 0 unspecified atom stereocenters. The number of amides is 2. The van der Waals surface area contributed by atoms with E-state index in [1.165, 1.54) is 0 Å². The number of benzene rings is 2. The number of carbonyl (C=O) groups is 2. The Labute approximate surface area is 345 Å². The molecule has 13 heteroatoms. The van der Waals surface area contributed by atoms with E-state index in [4.69, 9.17) is 14.7 Å². The zero-order valence-electron chi connectivity index (χ0n) is 32.4. The molecule has 2 amide bonds. The van der Waals surface area contributed by atoms with Gasteiger partial charge in [-0.15, -0.1) is 0 Å². The predicted molar refractivity (Wildman–Crippen MR) is 226 cm³/mol. The Morgan fingerprint density at radius 1 is 0.650 bits per heavy atom. The summed E-state index contributed by atoms with van der Waals surface area (Å²) in [4.78, 5) is 32.2. The van der Waals surface area contributed by atoms with Gasteiger partial charge in [-0.05, 0) is 85.3 Å². The fourth-order valence-electron chi connectivity index (χ4n) is 6.64. The van der Waals surface area contributed by atoms with Gasteiger partial charge in [0.05, 0.1) is 11.0 Å². The van der Waals surface area contributed by atoms with Crippen molar-refractivity contribution < 1.29 is 19.1 Å². The van der Waals surface area contributed by atoms with Gasteiger partial charge in [-0.25, -0.2) is 14.0 Å². The van der Waals surface area contributed by atoms with E-state index in [9.17, 15) is 9.59 Å². The number of nitrogens with zero attached hydrogens (tertiary/aromatic N) is 7. The SMILES string of the molecule is N#Cc1ccc(COc2ccc(-c3cccn4nc(NC(=O)C5CC5)cc34)cc2)cn1.O=C(Nc1cc2c(-c3ccc(OCc4cccnc4)cc3)cccn2n1)C1CC1. The maximum absolute atomic E-state index is 12.0. The number of hydrogen-bond donors (Lipinski definition) is 2. The normalized spacial score (nSPS) is 13.2. The molecule has 0 spiro atoms. The van der Waals surface area contributed by atoms with Gasteiger partial charge in [0.15, 0.2) is 11.6 Å². The molecule has 0 saturated heterocycles. The third-order valence-electron chi connectivity index (χ3n) is 10.2. The summed E-state index contributed by atoms with van der Waals surface area (Å²) in [7, 11) is 0. The number of anilines is 2. The van der Waals surface area contributed by atoms with Crippen LogP contribution in [-0.2, 0) is 22.8 Å². The summed E-state index contributed by atoms with van der Waals surface area (Å²) < 4.78 is 15.2. The number of ether oxygens (including phenoxy) is 2. The van der Waals surface area contributed by atoms with Crippen LogP contribution in [-0.4, -0.2) is 41.0 Å². The number of carbonyl (C=O) groups excluding carboxylic acids is 2. The molecule has 0 aliphatic heterocycles. The zero-order valence-corrected chi connectivity index (χ0v) is 32.4. The molecule has 2 aliphatic carbocycles. The summed E-state index contributed by atoms with van der Waals surface area (Å²) in [5, 5.41) is 23.6. The lowest BCUT2D eigenvalue weighted by atomic mass is 10.1.